The van der Waals surface area contributed by atoms with E-state index in [4.69, 9.17) is 0 Å². The van der Waals surface area contributed by atoms with Crippen molar-refractivity contribution in [3.8, 4) is 0 Å². The standard InChI is InChI=1S/C8H16/c1-7(2)5-6-8(3)4/h5-6H2,1-4H3. The molecule has 48 valence electrons. The van der Waals surface area contributed by atoms with Gasteiger partial charge >= 0.3 is 0 Å². The first kappa shape index (κ1) is 8.00. The van der Waals surface area contributed by atoms with E-state index < -0.39 is 0 Å². The van der Waals surface area contributed by atoms with Gasteiger partial charge in [-0.2, -0.15) is 0 Å². The third-order valence-corrected chi connectivity index (χ3v) is 1.12. The Balaban J connectivity index is 2.93. The smallest absolute Gasteiger partial charge is 0.0303 e. The van der Waals surface area contributed by atoms with Crippen LogP contribution in [-0.4, -0.2) is 0 Å². The molecule has 0 amide bonds. The predicted molar refractivity (Wildman–Crippen MR) is 38.4 cm³/mol. The van der Waals surface area contributed by atoms with Gasteiger partial charge in [-0.15, -0.1) is 0 Å². The zero-order chi connectivity index (χ0) is 6.57. The summed E-state index contributed by atoms with van der Waals surface area (Å²) in [6, 6.07) is 0. The van der Waals surface area contributed by atoms with Crippen LogP contribution in [0.25, 0.3) is 0 Å². The molecule has 0 aliphatic carbocycles. The maximum Gasteiger partial charge on any atom is -0.0303 e. The Morgan fingerprint density at radius 3 is 1.12 bits per heavy atom. The maximum atomic E-state index is 2.18. The Labute approximate surface area is 53.3 Å². The van der Waals surface area contributed by atoms with Crippen LogP contribution in [0, 0.1) is 11.8 Å². The normalized spacial score (nSPS) is 11.2. The summed E-state index contributed by atoms with van der Waals surface area (Å²) in [4.78, 5) is 0. The Kier molecular flexibility index (Phi) is 3.94. The molecule has 0 saturated heterocycles. The van der Waals surface area contributed by atoms with Gasteiger partial charge in [0.1, 0.15) is 0 Å². The van der Waals surface area contributed by atoms with Crippen molar-refractivity contribution < 1.29 is 0 Å². The van der Waals surface area contributed by atoms with Crippen LogP contribution < -0.4 is 0 Å². The Morgan fingerprint density at radius 2 is 1.00 bits per heavy atom. The predicted octanol–water partition coefficient (Wildman–Crippen LogP) is 3.00. The first-order valence-corrected chi connectivity index (χ1v) is 3.21. The molecule has 8 heavy (non-hydrogen) atoms. The van der Waals surface area contributed by atoms with Crippen molar-refractivity contribution in [2.24, 2.45) is 0 Å². The lowest BCUT2D eigenvalue weighted by Gasteiger charge is -2.04. The molecule has 0 bridgehead atoms. The molecule has 0 heterocycles. The second-order valence-corrected chi connectivity index (χ2v) is 2.91. The van der Waals surface area contributed by atoms with E-state index in [0.29, 0.717) is 0 Å². The summed E-state index contributed by atoms with van der Waals surface area (Å²) < 4.78 is 0. The van der Waals surface area contributed by atoms with Gasteiger partial charge in [0.2, 0.25) is 0 Å². The van der Waals surface area contributed by atoms with Crippen LogP contribution in [0.2, 0.25) is 0 Å². The average Bonchev–Trinajstić information content (AvgIpc) is 1.61. The van der Waals surface area contributed by atoms with Gasteiger partial charge in [-0.25, -0.2) is 0 Å². The summed E-state index contributed by atoms with van der Waals surface area (Å²) in [5.41, 5.74) is 0. The van der Waals surface area contributed by atoms with Crippen molar-refractivity contribution in [3.05, 3.63) is 11.8 Å². The van der Waals surface area contributed by atoms with Crippen molar-refractivity contribution >= 4 is 0 Å². The molecular weight excluding hydrogens is 96.1 g/mol. The molecule has 0 heteroatoms. The average molecular weight is 112 g/mol. The van der Waals surface area contributed by atoms with E-state index in [1.807, 2.05) is 0 Å². The minimum atomic E-state index is 1.27. The molecule has 0 aliphatic rings. The summed E-state index contributed by atoms with van der Waals surface area (Å²) in [5, 5.41) is 0. The fourth-order valence-electron chi connectivity index (χ4n) is 0.500. The highest BCUT2D eigenvalue weighted by atomic mass is 14.0. The molecule has 0 rings (SSSR count). The van der Waals surface area contributed by atoms with Gasteiger partial charge < -0.3 is 0 Å². The molecule has 0 nitrogen and oxygen atoms in total. The van der Waals surface area contributed by atoms with Gasteiger partial charge in [0, 0.05) is 0 Å². The third-order valence-electron chi connectivity index (χ3n) is 1.12. The van der Waals surface area contributed by atoms with Gasteiger partial charge in [0.15, 0.2) is 0 Å². The fourth-order valence-corrected chi connectivity index (χ4v) is 0.500. The van der Waals surface area contributed by atoms with E-state index in [2.05, 4.69) is 27.7 Å². The van der Waals surface area contributed by atoms with Crippen LogP contribution in [0.15, 0.2) is 0 Å². The molecular formula is C8H16. The summed E-state index contributed by atoms with van der Waals surface area (Å²) in [7, 11) is 0. The lowest BCUT2D eigenvalue weighted by Crippen LogP contribution is -1.88. The van der Waals surface area contributed by atoms with Crippen molar-refractivity contribution in [2.75, 3.05) is 0 Å². The van der Waals surface area contributed by atoms with Crippen molar-refractivity contribution in [2.45, 2.75) is 40.5 Å². The molecule has 0 aromatic rings. The highest BCUT2D eigenvalue weighted by Crippen LogP contribution is 2.12. The molecule has 0 aliphatic heterocycles. The van der Waals surface area contributed by atoms with E-state index in [1.165, 1.54) is 24.7 Å². The van der Waals surface area contributed by atoms with E-state index in [1.54, 1.807) is 0 Å². The molecule has 0 saturated carbocycles. The third kappa shape index (κ3) is 6.00. The molecule has 0 atom stereocenters. The highest BCUT2D eigenvalue weighted by Gasteiger charge is 1.96. The van der Waals surface area contributed by atoms with Crippen LogP contribution in [0.1, 0.15) is 40.5 Å². The molecule has 0 N–H and O–H groups in total. The SMILES string of the molecule is C[C](C)CC[C](C)C. The van der Waals surface area contributed by atoms with Crippen LogP contribution >= 0.6 is 0 Å². The minimum absolute atomic E-state index is 1.27. The monoisotopic (exact) mass is 112 g/mol. The topological polar surface area (TPSA) is 0 Å². The molecule has 0 aromatic heterocycles. The quantitative estimate of drug-likeness (QED) is 0.526. The lowest BCUT2D eigenvalue weighted by atomic mass is 10.0. The van der Waals surface area contributed by atoms with Gasteiger partial charge in [-0.1, -0.05) is 27.7 Å². The molecule has 0 spiro atoms. The number of hydrogen-bond donors (Lipinski definition) is 0. The van der Waals surface area contributed by atoms with Gasteiger partial charge in [0.05, 0.1) is 0 Å². The lowest BCUT2D eigenvalue weighted by molar-refractivity contribution is 0.758. The molecule has 0 unspecified atom stereocenters. The Hall–Kier alpha value is 0. The molecule has 2 radical (unpaired) electrons. The van der Waals surface area contributed by atoms with Crippen LogP contribution in [-0.2, 0) is 0 Å². The summed E-state index contributed by atoms with van der Waals surface area (Å²) in [6.45, 7) is 8.73. The summed E-state index contributed by atoms with van der Waals surface area (Å²) in [6.07, 6.45) is 2.53. The fraction of sp³-hybridized carbons (Fsp3) is 0.750. The summed E-state index contributed by atoms with van der Waals surface area (Å²) in [5.74, 6) is 3.07. The second-order valence-electron chi connectivity index (χ2n) is 2.91. The molecule has 0 aromatic carbocycles. The summed E-state index contributed by atoms with van der Waals surface area (Å²) >= 11 is 0. The van der Waals surface area contributed by atoms with Crippen molar-refractivity contribution in [1.29, 1.82) is 0 Å². The van der Waals surface area contributed by atoms with E-state index in [0.717, 1.165) is 0 Å². The zero-order valence-electron chi connectivity index (χ0n) is 6.41. The second kappa shape index (κ2) is 3.94. The van der Waals surface area contributed by atoms with Gasteiger partial charge in [-0.05, 0) is 24.7 Å². The number of rotatable bonds is 3. The minimum Gasteiger partial charge on any atom is -0.0594 e. The van der Waals surface area contributed by atoms with Gasteiger partial charge in [0.25, 0.3) is 0 Å². The molecule has 0 fully saturated rings. The van der Waals surface area contributed by atoms with Crippen LogP contribution in [0.3, 0.4) is 0 Å². The number of hydrogen-bond acceptors (Lipinski definition) is 0. The highest BCUT2D eigenvalue weighted by molar-refractivity contribution is 4.85. The largest absolute Gasteiger partial charge is 0.0594 e. The van der Waals surface area contributed by atoms with E-state index in [-0.39, 0.29) is 0 Å². The van der Waals surface area contributed by atoms with Crippen molar-refractivity contribution in [1.82, 2.24) is 0 Å². The zero-order valence-corrected chi connectivity index (χ0v) is 6.41. The van der Waals surface area contributed by atoms with E-state index in [9.17, 15) is 0 Å². The van der Waals surface area contributed by atoms with Crippen LogP contribution in [0.5, 0.6) is 0 Å². The van der Waals surface area contributed by atoms with E-state index >= 15 is 0 Å². The Morgan fingerprint density at radius 1 is 0.750 bits per heavy atom. The first-order chi connectivity index (χ1) is 3.63. The maximum absolute atomic E-state index is 2.18. The van der Waals surface area contributed by atoms with Crippen LogP contribution in [0.4, 0.5) is 0 Å². The van der Waals surface area contributed by atoms with Crippen molar-refractivity contribution in [3.63, 3.8) is 0 Å². The van der Waals surface area contributed by atoms with Gasteiger partial charge in [-0.3, -0.25) is 0 Å². The first-order valence-electron chi connectivity index (χ1n) is 3.21. The Bertz CT molecular complexity index is 36.0.